The third-order valence-corrected chi connectivity index (χ3v) is 3.83. The largest absolute Gasteiger partial charge is 0.393 e. The zero-order valence-electron chi connectivity index (χ0n) is 12.3. The molecule has 0 aromatic heterocycles. The Kier molecular flexibility index (Phi) is 4.83. The summed E-state index contributed by atoms with van der Waals surface area (Å²) in [7, 11) is 2.13. The Morgan fingerprint density at radius 3 is 2.42 bits per heavy atom. The third kappa shape index (κ3) is 4.22. The molecule has 1 aliphatic rings. The van der Waals surface area contributed by atoms with Crippen molar-refractivity contribution >= 4 is 5.69 Å². The van der Waals surface area contributed by atoms with Crippen LogP contribution in [0.5, 0.6) is 0 Å². The second-order valence-electron chi connectivity index (χ2n) is 6.07. The molecule has 2 N–H and O–H groups in total. The lowest BCUT2D eigenvalue weighted by Crippen LogP contribution is -2.37. The van der Waals surface area contributed by atoms with Gasteiger partial charge in [-0.1, -0.05) is 26.0 Å². The fourth-order valence-electron chi connectivity index (χ4n) is 2.53. The highest BCUT2D eigenvalue weighted by molar-refractivity contribution is 5.47. The monoisotopic (exact) mass is 262 g/mol. The molecule has 3 heteroatoms. The predicted molar refractivity (Wildman–Crippen MR) is 80.4 cm³/mol. The summed E-state index contributed by atoms with van der Waals surface area (Å²) in [6.45, 7) is 6.29. The number of nitrogens with zero attached hydrogens (tertiary/aromatic N) is 1. The first kappa shape index (κ1) is 14.4. The van der Waals surface area contributed by atoms with E-state index in [1.807, 2.05) is 0 Å². The van der Waals surface area contributed by atoms with Crippen molar-refractivity contribution in [1.29, 1.82) is 0 Å². The van der Waals surface area contributed by atoms with E-state index in [0.29, 0.717) is 12.0 Å². The lowest BCUT2D eigenvalue weighted by atomic mass is 9.82. The standard InChI is InChI=1S/C16H26N2O/c1-12(2)17-10-13-4-6-15(7-5-13)18(3)11-14-8-16(19)9-14/h4-7,12,14,16-17,19H,8-11H2,1-3H3. The summed E-state index contributed by atoms with van der Waals surface area (Å²) in [6.07, 6.45) is 1.87. The van der Waals surface area contributed by atoms with E-state index in [9.17, 15) is 5.11 Å². The quantitative estimate of drug-likeness (QED) is 0.826. The molecule has 0 atom stereocenters. The second kappa shape index (κ2) is 6.40. The van der Waals surface area contributed by atoms with Crippen molar-refractivity contribution in [2.45, 2.75) is 45.4 Å². The van der Waals surface area contributed by atoms with Crippen LogP contribution < -0.4 is 10.2 Å². The zero-order chi connectivity index (χ0) is 13.8. The topological polar surface area (TPSA) is 35.5 Å². The van der Waals surface area contributed by atoms with E-state index in [-0.39, 0.29) is 6.10 Å². The average Bonchev–Trinajstić information content (AvgIpc) is 2.35. The molecule has 19 heavy (non-hydrogen) atoms. The Hall–Kier alpha value is -1.06. The molecule has 0 aliphatic heterocycles. The molecule has 3 nitrogen and oxygen atoms in total. The van der Waals surface area contributed by atoms with E-state index < -0.39 is 0 Å². The first-order valence-corrected chi connectivity index (χ1v) is 7.26. The highest BCUT2D eigenvalue weighted by atomic mass is 16.3. The molecule has 0 saturated heterocycles. The number of rotatable bonds is 6. The Balaban J connectivity index is 1.83. The molecule has 1 fully saturated rings. The summed E-state index contributed by atoms with van der Waals surface area (Å²) in [5, 5.41) is 12.7. The lowest BCUT2D eigenvalue weighted by Gasteiger charge is -2.35. The van der Waals surface area contributed by atoms with E-state index >= 15 is 0 Å². The number of anilines is 1. The van der Waals surface area contributed by atoms with Crippen LogP contribution in [0.25, 0.3) is 0 Å². The summed E-state index contributed by atoms with van der Waals surface area (Å²) in [6, 6.07) is 9.28. The average molecular weight is 262 g/mol. The van der Waals surface area contributed by atoms with Crippen molar-refractivity contribution in [2.75, 3.05) is 18.5 Å². The van der Waals surface area contributed by atoms with Crippen LogP contribution in [0.1, 0.15) is 32.3 Å². The lowest BCUT2D eigenvalue weighted by molar-refractivity contribution is 0.0465. The van der Waals surface area contributed by atoms with E-state index in [0.717, 1.165) is 25.9 Å². The highest BCUT2D eigenvalue weighted by Gasteiger charge is 2.27. The summed E-state index contributed by atoms with van der Waals surface area (Å²) < 4.78 is 0. The molecular formula is C16H26N2O. The summed E-state index contributed by atoms with van der Waals surface area (Å²) in [4.78, 5) is 2.29. The van der Waals surface area contributed by atoms with Crippen molar-refractivity contribution in [1.82, 2.24) is 5.32 Å². The summed E-state index contributed by atoms with van der Waals surface area (Å²) in [5.74, 6) is 0.655. The van der Waals surface area contributed by atoms with Crippen LogP contribution in [0, 0.1) is 5.92 Å². The van der Waals surface area contributed by atoms with Gasteiger partial charge in [-0.2, -0.15) is 0 Å². The van der Waals surface area contributed by atoms with Crippen molar-refractivity contribution in [2.24, 2.45) is 5.92 Å². The maximum absolute atomic E-state index is 9.32. The van der Waals surface area contributed by atoms with Gasteiger partial charge >= 0.3 is 0 Å². The molecule has 1 saturated carbocycles. The Morgan fingerprint density at radius 1 is 1.26 bits per heavy atom. The molecule has 0 bridgehead atoms. The van der Waals surface area contributed by atoms with Crippen LogP contribution in [0.4, 0.5) is 5.69 Å². The van der Waals surface area contributed by atoms with Crippen LogP contribution in [0.3, 0.4) is 0 Å². The fraction of sp³-hybridized carbons (Fsp3) is 0.625. The zero-order valence-corrected chi connectivity index (χ0v) is 12.3. The van der Waals surface area contributed by atoms with Crippen LogP contribution in [-0.4, -0.2) is 30.8 Å². The minimum atomic E-state index is -0.0529. The van der Waals surface area contributed by atoms with Crippen molar-refractivity contribution in [3.8, 4) is 0 Å². The van der Waals surface area contributed by atoms with Crippen molar-refractivity contribution in [3.05, 3.63) is 29.8 Å². The first-order valence-electron chi connectivity index (χ1n) is 7.26. The number of aliphatic hydroxyl groups is 1. The molecule has 1 aliphatic carbocycles. The van der Waals surface area contributed by atoms with Gasteiger partial charge in [0.25, 0.3) is 0 Å². The minimum absolute atomic E-state index is 0.0529. The Morgan fingerprint density at radius 2 is 1.89 bits per heavy atom. The number of hydrogen-bond donors (Lipinski definition) is 2. The maximum Gasteiger partial charge on any atom is 0.0546 e. The minimum Gasteiger partial charge on any atom is -0.393 e. The number of benzene rings is 1. The van der Waals surface area contributed by atoms with Crippen LogP contribution in [0.15, 0.2) is 24.3 Å². The second-order valence-corrected chi connectivity index (χ2v) is 6.07. The molecule has 0 unspecified atom stereocenters. The van der Waals surface area contributed by atoms with Crippen LogP contribution >= 0.6 is 0 Å². The molecule has 1 aromatic rings. The van der Waals surface area contributed by atoms with E-state index in [4.69, 9.17) is 0 Å². The van der Waals surface area contributed by atoms with Crippen molar-refractivity contribution < 1.29 is 5.11 Å². The van der Waals surface area contributed by atoms with Gasteiger partial charge in [-0.05, 0) is 36.5 Å². The van der Waals surface area contributed by atoms with Gasteiger partial charge in [0.15, 0.2) is 0 Å². The fourth-order valence-corrected chi connectivity index (χ4v) is 2.53. The number of aliphatic hydroxyl groups excluding tert-OH is 1. The first-order chi connectivity index (χ1) is 9.04. The van der Waals surface area contributed by atoms with Gasteiger partial charge < -0.3 is 15.3 Å². The van der Waals surface area contributed by atoms with Gasteiger partial charge in [-0.15, -0.1) is 0 Å². The maximum atomic E-state index is 9.32. The van der Waals surface area contributed by atoms with E-state index in [2.05, 4.69) is 55.4 Å². The third-order valence-electron chi connectivity index (χ3n) is 3.83. The number of hydrogen-bond acceptors (Lipinski definition) is 3. The van der Waals surface area contributed by atoms with Gasteiger partial charge in [-0.25, -0.2) is 0 Å². The molecule has 2 rings (SSSR count). The number of nitrogens with one attached hydrogen (secondary N) is 1. The summed E-state index contributed by atoms with van der Waals surface area (Å²) >= 11 is 0. The van der Waals surface area contributed by atoms with Gasteiger partial charge in [0.2, 0.25) is 0 Å². The van der Waals surface area contributed by atoms with Gasteiger partial charge in [0.1, 0.15) is 0 Å². The highest BCUT2D eigenvalue weighted by Crippen LogP contribution is 2.29. The molecule has 0 amide bonds. The normalized spacial score (nSPS) is 22.4. The molecule has 1 aromatic carbocycles. The van der Waals surface area contributed by atoms with Crippen LogP contribution in [0.2, 0.25) is 0 Å². The molecular weight excluding hydrogens is 236 g/mol. The van der Waals surface area contributed by atoms with Gasteiger partial charge in [-0.3, -0.25) is 0 Å². The van der Waals surface area contributed by atoms with Gasteiger partial charge in [0.05, 0.1) is 6.10 Å². The summed E-state index contributed by atoms with van der Waals surface area (Å²) in [5.41, 5.74) is 2.58. The van der Waals surface area contributed by atoms with E-state index in [1.165, 1.54) is 11.3 Å². The molecule has 106 valence electrons. The molecule has 0 heterocycles. The smallest absolute Gasteiger partial charge is 0.0546 e. The van der Waals surface area contributed by atoms with Gasteiger partial charge in [0, 0.05) is 31.9 Å². The molecule has 0 spiro atoms. The van der Waals surface area contributed by atoms with Crippen LogP contribution in [-0.2, 0) is 6.54 Å². The van der Waals surface area contributed by atoms with E-state index in [1.54, 1.807) is 0 Å². The predicted octanol–water partition coefficient (Wildman–Crippen LogP) is 2.39. The SMILES string of the molecule is CC(C)NCc1ccc(N(C)CC2CC(O)C2)cc1. The Labute approximate surface area is 116 Å². The van der Waals surface area contributed by atoms with Crippen molar-refractivity contribution in [3.63, 3.8) is 0 Å². The molecule has 0 radical (unpaired) electrons. The Bertz CT molecular complexity index is 382.